The summed E-state index contributed by atoms with van der Waals surface area (Å²) in [4.78, 5) is 15.0. The Balaban J connectivity index is 1.43. The first-order chi connectivity index (χ1) is 12.6. The van der Waals surface area contributed by atoms with Gasteiger partial charge in [0.1, 0.15) is 0 Å². The maximum absolute atomic E-state index is 12.5. The molecule has 1 saturated heterocycles. The molecule has 26 heavy (non-hydrogen) atoms. The van der Waals surface area contributed by atoms with Crippen LogP contribution >= 0.6 is 0 Å². The molecule has 138 valence electrons. The van der Waals surface area contributed by atoms with Gasteiger partial charge in [-0.25, -0.2) is 0 Å². The third-order valence-electron chi connectivity index (χ3n) is 5.56. The van der Waals surface area contributed by atoms with Crippen LogP contribution in [0.3, 0.4) is 0 Å². The van der Waals surface area contributed by atoms with Gasteiger partial charge < -0.3 is 5.32 Å². The average molecular weight is 351 g/mol. The van der Waals surface area contributed by atoms with Gasteiger partial charge in [0, 0.05) is 19.0 Å². The topological polar surface area (TPSA) is 32.3 Å². The normalized spacial score (nSPS) is 17.0. The lowest BCUT2D eigenvalue weighted by Gasteiger charge is -2.31. The van der Waals surface area contributed by atoms with Crippen LogP contribution in [0.15, 0.2) is 54.6 Å². The fourth-order valence-electron chi connectivity index (χ4n) is 3.68. The smallest absolute Gasteiger partial charge is 0.223 e. The summed E-state index contributed by atoms with van der Waals surface area (Å²) < 4.78 is 0. The van der Waals surface area contributed by atoms with Crippen LogP contribution in [-0.2, 0) is 11.3 Å². The predicted octanol–water partition coefficient (Wildman–Crippen LogP) is 4.13. The first-order valence-electron chi connectivity index (χ1n) is 9.73. The minimum atomic E-state index is 0.158. The van der Waals surface area contributed by atoms with Gasteiger partial charge in [0.15, 0.2) is 0 Å². The third kappa shape index (κ3) is 4.95. The van der Waals surface area contributed by atoms with E-state index in [9.17, 15) is 4.79 Å². The zero-order valence-electron chi connectivity index (χ0n) is 15.9. The molecule has 1 N–H and O–H groups in total. The quantitative estimate of drug-likeness (QED) is 0.850. The summed E-state index contributed by atoms with van der Waals surface area (Å²) in [5.41, 5.74) is 4.02. The second-order valence-electron chi connectivity index (χ2n) is 7.53. The van der Waals surface area contributed by atoms with Crippen LogP contribution in [0.5, 0.6) is 0 Å². The van der Waals surface area contributed by atoms with Crippen molar-refractivity contribution in [2.45, 2.75) is 39.2 Å². The number of hydrogen-bond acceptors (Lipinski definition) is 2. The van der Waals surface area contributed by atoms with Crippen molar-refractivity contribution >= 4 is 5.91 Å². The van der Waals surface area contributed by atoms with Gasteiger partial charge in [-0.1, -0.05) is 61.5 Å². The number of carbonyl (C=O) groups excluding carboxylic acids is 1. The second-order valence-corrected chi connectivity index (χ2v) is 7.53. The van der Waals surface area contributed by atoms with Gasteiger partial charge in [0.2, 0.25) is 5.91 Å². The summed E-state index contributed by atoms with van der Waals surface area (Å²) in [5.74, 6) is 0.732. The summed E-state index contributed by atoms with van der Waals surface area (Å²) in [6, 6.07) is 19.0. The van der Waals surface area contributed by atoms with Gasteiger partial charge in [-0.15, -0.1) is 0 Å². The number of nitrogens with one attached hydrogen (secondary N) is 1. The molecule has 0 bridgehead atoms. The van der Waals surface area contributed by atoms with Crippen molar-refractivity contribution in [2.75, 3.05) is 19.6 Å². The van der Waals surface area contributed by atoms with Crippen LogP contribution in [0.25, 0.3) is 0 Å². The molecule has 3 nitrogen and oxygen atoms in total. The number of aryl methyl sites for hydroxylation is 1. The molecule has 0 saturated carbocycles. The van der Waals surface area contributed by atoms with E-state index in [1.54, 1.807) is 0 Å². The minimum absolute atomic E-state index is 0.158. The van der Waals surface area contributed by atoms with Crippen molar-refractivity contribution in [2.24, 2.45) is 5.92 Å². The highest BCUT2D eigenvalue weighted by Crippen LogP contribution is 2.21. The lowest BCUT2D eigenvalue weighted by molar-refractivity contribution is -0.126. The molecule has 0 aromatic heterocycles. The third-order valence-corrected chi connectivity index (χ3v) is 5.56. The summed E-state index contributed by atoms with van der Waals surface area (Å²) >= 11 is 0. The SMILES string of the molecule is Cc1ccccc1CN1CCC(C(=O)NC[C@H](C)c2ccccc2)CC1. The van der Waals surface area contributed by atoms with Crippen molar-refractivity contribution in [1.82, 2.24) is 10.2 Å². The maximum atomic E-state index is 12.5. The largest absolute Gasteiger partial charge is 0.355 e. The lowest BCUT2D eigenvalue weighted by atomic mass is 9.94. The monoisotopic (exact) mass is 350 g/mol. The molecule has 1 aliphatic heterocycles. The van der Waals surface area contributed by atoms with Crippen molar-refractivity contribution in [3.63, 3.8) is 0 Å². The van der Waals surface area contributed by atoms with Gasteiger partial charge >= 0.3 is 0 Å². The number of hydrogen-bond donors (Lipinski definition) is 1. The first kappa shape index (κ1) is 18.7. The van der Waals surface area contributed by atoms with Crippen molar-refractivity contribution in [1.29, 1.82) is 0 Å². The number of carbonyl (C=O) groups is 1. The van der Waals surface area contributed by atoms with Crippen LogP contribution in [0.4, 0.5) is 0 Å². The molecule has 0 spiro atoms. The summed E-state index contributed by atoms with van der Waals surface area (Å²) in [6.45, 7) is 8.05. The van der Waals surface area contributed by atoms with Crippen LogP contribution in [0, 0.1) is 12.8 Å². The second kappa shape index (κ2) is 9.00. The summed E-state index contributed by atoms with van der Waals surface area (Å²) in [5, 5.41) is 3.17. The molecule has 1 heterocycles. The lowest BCUT2D eigenvalue weighted by Crippen LogP contribution is -2.41. The standard InChI is InChI=1S/C23H30N2O/c1-18-8-6-7-11-22(18)17-25-14-12-21(13-15-25)23(26)24-16-19(2)20-9-4-3-5-10-20/h3-11,19,21H,12-17H2,1-2H3,(H,24,26)/t19-/m0/s1. The molecule has 2 aromatic carbocycles. The molecule has 0 aliphatic carbocycles. The number of amides is 1. The molecule has 1 atom stereocenters. The zero-order chi connectivity index (χ0) is 18.4. The predicted molar refractivity (Wildman–Crippen MR) is 107 cm³/mol. The minimum Gasteiger partial charge on any atom is -0.355 e. The van der Waals surface area contributed by atoms with Gasteiger partial charge in [-0.3, -0.25) is 9.69 Å². The Morgan fingerprint density at radius 3 is 2.42 bits per heavy atom. The Hall–Kier alpha value is -2.13. The van der Waals surface area contributed by atoms with E-state index in [1.165, 1.54) is 16.7 Å². The Morgan fingerprint density at radius 1 is 1.08 bits per heavy atom. The molecule has 3 rings (SSSR count). The Morgan fingerprint density at radius 2 is 1.73 bits per heavy atom. The molecule has 1 aliphatic rings. The highest BCUT2D eigenvalue weighted by molar-refractivity contribution is 5.78. The number of likely N-dealkylation sites (tertiary alicyclic amines) is 1. The van der Waals surface area contributed by atoms with E-state index in [1.807, 2.05) is 6.07 Å². The van der Waals surface area contributed by atoms with Crippen LogP contribution in [0.2, 0.25) is 0 Å². The van der Waals surface area contributed by atoms with E-state index in [0.29, 0.717) is 12.5 Å². The molecular weight excluding hydrogens is 320 g/mol. The Labute approximate surface area is 157 Å². The fraction of sp³-hybridized carbons (Fsp3) is 0.435. The Bertz CT molecular complexity index is 705. The Kier molecular flexibility index (Phi) is 6.45. The highest BCUT2D eigenvalue weighted by atomic mass is 16.1. The molecule has 0 unspecified atom stereocenters. The van der Waals surface area contributed by atoms with E-state index in [-0.39, 0.29) is 11.8 Å². The number of benzene rings is 2. The maximum Gasteiger partial charge on any atom is 0.223 e. The molecule has 2 aromatic rings. The number of nitrogens with zero attached hydrogens (tertiary/aromatic N) is 1. The van der Waals surface area contributed by atoms with Gasteiger partial charge in [-0.2, -0.15) is 0 Å². The van der Waals surface area contributed by atoms with Crippen molar-refractivity contribution in [3.8, 4) is 0 Å². The number of piperidine rings is 1. The van der Waals surface area contributed by atoms with Crippen molar-refractivity contribution in [3.05, 3.63) is 71.3 Å². The summed E-state index contributed by atoms with van der Waals surface area (Å²) in [6.07, 6.45) is 1.91. The van der Waals surface area contributed by atoms with Gasteiger partial charge in [-0.05, 0) is 55.5 Å². The van der Waals surface area contributed by atoms with E-state index < -0.39 is 0 Å². The summed E-state index contributed by atoms with van der Waals surface area (Å²) in [7, 11) is 0. The zero-order valence-corrected chi connectivity index (χ0v) is 15.9. The molecule has 0 radical (unpaired) electrons. The molecular formula is C23H30N2O. The van der Waals surface area contributed by atoms with Gasteiger partial charge in [0.05, 0.1) is 0 Å². The average Bonchev–Trinajstić information content (AvgIpc) is 2.69. The van der Waals surface area contributed by atoms with E-state index in [0.717, 1.165) is 32.5 Å². The number of rotatable bonds is 6. The molecule has 1 fully saturated rings. The fourth-order valence-corrected chi connectivity index (χ4v) is 3.68. The first-order valence-corrected chi connectivity index (χ1v) is 9.73. The molecule has 1 amide bonds. The van der Waals surface area contributed by atoms with E-state index in [2.05, 4.69) is 72.6 Å². The van der Waals surface area contributed by atoms with Gasteiger partial charge in [0.25, 0.3) is 0 Å². The van der Waals surface area contributed by atoms with Crippen LogP contribution in [-0.4, -0.2) is 30.4 Å². The van der Waals surface area contributed by atoms with E-state index >= 15 is 0 Å². The highest BCUT2D eigenvalue weighted by Gasteiger charge is 2.25. The van der Waals surface area contributed by atoms with Crippen LogP contribution in [0.1, 0.15) is 42.4 Å². The van der Waals surface area contributed by atoms with Crippen molar-refractivity contribution < 1.29 is 4.79 Å². The molecule has 3 heteroatoms. The van der Waals surface area contributed by atoms with Crippen LogP contribution < -0.4 is 5.32 Å². The van der Waals surface area contributed by atoms with E-state index in [4.69, 9.17) is 0 Å².